The van der Waals surface area contributed by atoms with Crippen LogP contribution in [-0.2, 0) is 21.1 Å². The van der Waals surface area contributed by atoms with E-state index in [2.05, 4.69) is 57.9 Å². The van der Waals surface area contributed by atoms with Crippen molar-refractivity contribution in [3.8, 4) is 0 Å². The van der Waals surface area contributed by atoms with Gasteiger partial charge in [-0.2, -0.15) is 6.92 Å². The molecule has 0 aromatic rings. The van der Waals surface area contributed by atoms with Gasteiger partial charge in [0, 0.05) is 0 Å². The summed E-state index contributed by atoms with van der Waals surface area (Å²) >= 11 is 0. The molecule has 1 saturated heterocycles. The van der Waals surface area contributed by atoms with Crippen LogP contribution in [0, 0.1) is 13.3 Å². The summed E-state index contributed by atoms with van der Waals surface area (Å²) in [6.45, 7) is 16.3. The number of nitrogens with zero attached hydrogens (tertiary/aromatic N) is 2. The van der Waals surface area contributed by atoms with Crippen molar-refractivity contribution >= 4 is 0 Å². The Labute approximate surface area is 117 Å². The van der Waals surface area contributed by atoms with Gasteiger partial charge in [-0.1, -0.05) is 20.8 Å². The maximum Gasteiger partial charge on any atom is 2.00 e. The van der Waals surface area contributed by atoms with Crippen molar-refractivity contribution in [3.05, 3.63) is 13.3 Å². The molecule has 0 N–H and O–H groups in total. The van der Waals surface area contributed by atoms with Crippen molar-refractivity contribution in [1.82, 2.24) is 9.80 Å². The first kappa shape index (κ1) is 19.0. The minimum absolute atomic E-state index is 0. The summed E-state index contributed by atoms with van der Waals surface area (Å²) in [5.74, 6) is 0. The van der Waals surface area contributed by atoms with Gasteiger partial charge in [-0.25, -0.2) is 0 Å². The third kappa shape index (κ3) is 7.81. The average Bonchev–Trinajstić information content (AvgIpc) is 2.16. The summed E-state index contributed by atoms with van der Waals surface area (Å²) in [4.78, 5) is 4.65. The predicted molar refractivity (Wildman–Crippen MR) is 68.7 cm³/mol. The molecule has 0 spiro atoms. The van der Waals surface area contributed by atoms with Crippen molar-refractivity contribution in [2.24, 2.45) is 0 Å². The summed E-state index contributed by atoms with van der Waals surface area (Å²) in [6, 6.07) is 0.966. The molecule has 2 unspecified atom stereocenters. The molecule has 1 fully saturated rings. The molecule has 0 amide bonds. The minimum Gasteiger partial charge on any atom is -0.357 e. The zero-order chi connectivity index (χ0) is 11.8. The molecular formula is C13H28N2W. The van der Waals surface area contributed by atoms with Gasteiger partial charge >= 0.3 is 21.1 Å². The maximum atomic E-state index is 3.98. The van der Waals surface area contributed by atoms with Crippen molar-refractivity contribution in [3.63, 3.8) is 0 Å². The molecule has 1 aliphatic rings. The summed E-state index contributed by atoms with van der Waals surface area (Å²) in [5, 5.41) is 0. The number of likely N-dealkylation sites (tertiary alicyclic amines) is 1. The Morgan fingerprint density at radius 3 is 1.88 bits per heavy atom. The molecule has 16 heavy (non-hydrogen) atoms. The number of hydrogen-bond acceptors (Lipinski definition) is 2. The van der Waals surface area contributed by atoms with Gasteiger partial charge in [-0.15, -0.1) is 12.1 Å². The molecule has 0 saturated carbocycles. The van der Waals surface area contributed by atoms with E-state index in [0.29, 0.717) is 12.1 Å². The smallest absolute Gasteiger partial charge is 0.357 e. The van der Waals surface area contributed by atoms with Crippen LogP contribution < -0.4 is 0 Å². The van der Waals surface area contributed by atoms with Gasteiger partial charge in [0.15, 0.2) is 0 Å². The summed E-state index contributed by atoms with van der Waals surface area (Å²) in [6.07, 6.45) is 3.61. The second-order valence-corrected chi connectivity index (χ2v) is 4.41. The van der Waals surface area contributed by atoms with Crippen LogP contribution in [0.3, 0.4) is 0 Å². The van der Waals surface area contributed by atoms with Crippen LogP contribution in [0.25, 0.3) is 0 Å². The molecule has 0 radical (unpaired) electrons. The van der Waals surface area contributed by atoms with Crippen molar-refractivity contribution < 1.29 is 21.1 Å². The predicted octanol–water partition coefficient (Wildman–Crippen LogP) is 2.46. The molecule has 0 aromatic carbocycles. The van der Waals surface area contributed by atoms with Crippen LogP contribution in [0.5, 0.6) is 0 Å². The molecule has 2 atom stereocenters. The normalized spacial score (nSPS) is 18.9. The van der Waals surface area contributed by atoms with Gasteiger partial charge in [0.2, 0.25) is 0 Å². The van der Waals surface area contributed by atoms with Gasteiger partial charge in [0.1, 0.15) is 0 Å². The molecule has 0 aromatic heterocycles. The first-order chi connectivity index (χ1) is 7.02. The van der Waals surface area contributed by atoms with E-state index in [1.165, 1.54) is 19.5 Å². The molecular weight excluding hydrogens is 368 g/mol. The van der Waals surface area contributed by atoms with Crippen LogP contribution in [0.1, 0.15) is 34.1 Å². The van der Waals surface area contributed by atoms with E-state index in [1.807, 2.05) is 0 Å². The van der Waals surface area contributed by atoms with Gasteiger partial charge in [-0.3, -0.25) is 0 Å². The standard InChI is InChI=1S/C9H19N.C4H9N.W/c1-6-9(5)10(7-2)8(3)4;1-5-3-2-4-5;/h6,8-9H,3,7H2,1-2,4-5H3;2-4H2,1H3;/q-2;;+2. The quantitative estimate of drug-likeness (QED) is 0.674. The fourth-order valence-electron chi connectivity index (χ4n) is 1.67. The molecule has 1 rings (SSSR count). The Bertz CT molecular complexity index is 147. The van der Waals surface area contributed by atoms with E-state index in [4.69, 9.17) is 0 Å². The van der Waals surface area contributed by atoms with E-state index >= 15 is 0 Å². The largest absolute Gasteiger partial charge is 2.00 e. The van der Waals surface area contributed by atoms with E-state index in [0.717, 1.165) is 6.54 Å². The summed E-state index contributed by atoms with van der Waals surface area (Å²) in [7, 11) is 2.14. The number of rotatable bonds is 4. The number of hydrogen-bond donors (Lipinski definition) is 0. The molecule has 1 heterocycles. The van der Waals surface area contributed by atoms with Gasteiger partial charge in [0.25, 0.3) is 0 Å². The molecule has 0 aliphatic carbocycles. The Morgan fingerprint density at radius 1 is 1.38 bits per heavy atom. The second-order valence-electron chi connectivity index (χ2n) is 4.41. The fraction of sp³-hybridized carbons (Fsp3) is 0.846. The molecule has 3 heteroatoms. The van der Waals surface area contributed by atoms with Crippen molar-refractivity contribution in [2.75, 3.05) is 26.7 Å². The van der Waals surface area contributed by atoms with Crippen LogP contribution >= 0.6 is 0 Å². The van der Waals surface area contributed by atoms with E-state index in [1.54, 1.807) is 0 Å². The second kappa shape index (κ2) is 10.7. The topological polar surface area (TPSA) is 6.48 Å². The first-order valence-electron chi connectivity index (χ1n) is 6.09. The van der Waals surface area contributed by atoms with Crippen LogP contribution in [0.2, 0.25) is 0 Å². The van der Waals surface area contributed by atoms with Crippen LogP contribution in [0.15, 0.2) is 0 Å². The molecule has 96 valence electrons. The molecule has 0 bridgehead atoms. The first-order valence-corrected chi connectivity index (χ1v) is 6.09. The average molecular weight is 396 g/mol. The van der Waals surface area contributed by atoms with E-state index in [-0.39, 0.29) is 21.1 Å². The molecule has 2 nitrogen and oxygen atoms in total. The fourth-order valence-corrected chi connectivity index (χ4v) is 1.67. The van der Waals surface area contributed by atoms with Crippen molar-refractivity contribution in [2.45, 2.75) is 46.2 Å². The summed E-state index contributed by atoms with van der Waals surface area (Å²) < 4.78 is 0. The van der Waals surface area contributed by atoms with E-state index < -0.39 is 0 Å². The van der Waals surface area contributed by atoms with Crippen molar-refractivity contribution in [1.29, 1.82) is 0 Å². The van der Waals surface area contributed by atoms with Gasteiger partial charge in [0.05, 0.1) is 0 Å². The minimum atomic E-state index is 0. The SMILES string of the molecule is CN1CCC1.[CH2-]C(C)N(CC)C(C)[CH-]C.[W+2]. The third-order valence-corrected chi connectivity index (χ3v) is 3.02. The summed E-state index contributed by atoms with van der Waals surface area (Å²) in [5.41, 5.74) is 0. The zero-order valence-corrected chi connectivity index (χ0v) is 14.5. The maximum absolute atomic E-state index is 3.98. The Balaban J connectivity index is 0. The third-order valence-electron chi connectivity index (χ3n) is 3.02. The van der Waals surface area contributed by atoms with Crippen LogP contribution in [-0.4, -0.2) is 48.6 Å². The Kier molecular flexibility index (Phi) is 12.7. The Hall–Kier alpha value is 0.608. The van der Waals surface area contributed by atoms with E-state index in [9.17, 15) is 0 Å². The Morgan fingerprint density at radius 2 is 1.81 bits per heavy atom. The van der Waals surface area contributed by atoms with Crippen LogP contribution in [0.4, 0.5) is 0 Å². The molecule has 1 aliphatic heterocycles. The zero-order valence-electron chi connectivity index (χ0n) is 11.6. The van der Waals surface area contributed by atoms with Gasteiger partial charge < -0.3 is 23.1 Å². The van der Waals surface area contributed by atoms with Gasteiger partial charge in [-0.05, 0) is 33.1 Å². The monoisotopic (exact) mass is 396 g/mol.